The van der Waals surface area contributed by atoms with E-state index in [0.29, 0.717) is 11.2 Å². The standard InChI is InChI=1S/C7H10BNO2/c1-11-8(10)6-3-2-4-7(9)5-6/h2-5,10H,9H2,1H3. The summed E-state index contributed by atoms with van der Waals surface area (Å²) in [6.07, 6.45) is 0. The van der Waals surface area contributed by atoms with Crippen LogP contribution in [0.3, 0.4) is 0 Å². The first-order valence-corrected chi connectivity index (χ1v) is 3.30. The summed E-state index contributed by atoms with van der Waals surface area (Å²) in [5.41, 5.74) is 6.78. The van der Waals surface area contributed by atoms with Crippen molar-refractivity contribution in [3.05, 3.63) is 24.3 Å². The molecule has 0 unspecified atom stereocenters. The van der Waals surface area contributed by atoms with Gasteiger partial charge in [-0.05, 0) is 17.6 Å². The van der Waals surface area contributed by atoms with Gasteiger partial charge >= 0.3 is 7.12 Å². The SMILES string of the molecule is COB(O)c1cccc(N)c1. The highest BCUT2D eigenvalue weighted by atomic mass is 16.5. The Hall–Kier alpha value is -0.995. The number of nitrogen functional groups attached to an aromatic ring is 1. The van der Waals surface area contributed by atoms with Gasteiger partial charge in [0.2, 0.25) is 0 Å². The van der Waals surface area contributed by atoms with Gasteiger partial charge in [-0.15, -0.1) is 0 Å². The zero-order chi connectivity index (χ0) is 8.27. The minimum absolute atomic E-state index is 0.624. The predicted molar refractivity (Wildman–Crippen MR) is 45.5 cm³/mol. The highest BCUT2D eigenvalue weighted by Gasteiger charge is 2.13. The maximum Gasteiger partial charge on any atom is 0.491 e. The second kappa shape index (κ2) is 3.41. The molecule has 3 N–H and O–H groups in total. The molecule has 0 heterocycles. The van der Waals surface area contributed by atoms with Crippen molar-refractivity contribution in [2.24, 2.45) is 0 Å². The summed E-state index contributed by atoms with van der Waals surface area (Å²) in [6, 6.07) is 6.96. The molecule has 3 nitrogen and oxygen atoms in total. The van der Waals surface area contributed by atoms with Crippen molar-refractivity contribution in [3.63, 3.8) is 0 Å². The molecule has 0 saturated heterocycles. The molecule has 0 amide bonds. The van der Waals surface area contributed by atoms with E-state index in [1.54, 1.807) is 24.3 Å². The zero-order valence-electron chi connectivity index (χ0n) is 6.32. The molecule has 0 atom stereocenters. The molecule has 0 spiro atoms. The van der Waals surface area contributed by atoms with E-state index in [-0.39, 0.29) is 0 Å². The fraction of sp³-hybridized carbons (Fsp3) is 0.143. The smallest absolute Gasteiger partial charge is 0.423 e. The fourth-order valence-electron chi connectivity index (χ4n) is 0.849. The molecule has 58 valence electrons. The molecule has 1 rings (SSSR count). The van der Waals surface area contributed by atoms with Crippen molar-refractivity contribution in [2.45, 2.75) is 0 Å². The van der Waals surface area contributed by atoms with Crippen LogP contribution in [0, 0.1) is 0 Å². The topological polar surface area (TPSA) is 55.5 Å². The molecule has 0 aromatic heterocycles. The highest BCUT2D eigenvalue weighted by Crippen LogP contribution is 1.97. The van der Waals surface area contributed by atoms with Gasteiger partial charge in [-0.1, -0.05) is 12.1 Å². The van der Waals surface area contributed by atoms with E-state index in [1.807, 2.05) is 0 Å². The lowest BCUT2D eigenvalue weighted by Gasteiger charge is -2.03. The van der Waals surface area contributed by atoms with Gasteiger partial charge < -0.3 is 15.4 Å². The average molecular weight is 151 g/mol. The van der Waals surface area contributed by atoms with E-state index in [1.165, 1.54) is 7.11 Å². The summed E-state index contributed by atoms with van der Waals surface area (Å²) in [5, 5.41) is 9.18. The summed E-state index contributed by atoms with van der Waals surface area (Å²) < 4.78 is 4.69. The van der Waals surface area contributed by atoms with Gasteiger partial charge in [0.15, 0.2) is 0 Å². The van der Waals surface area contributed by atoms with Crippen LogP contribution < -0.4 is 11.2 Å². The Morgan fingerprint density at radius 1 is 1.55 bits per heavy atom. The molecule has 11 heavy (non-hydrogen) atoms. The van der Waals surface area contributed by atoms with Crippen LogP contribution in [0.25, 0.3) is 0 Å². The summed E-state index contributed by atoms with van der Waals surface area (Å²) in [5.74, 6) is 0. The van der Waals surface area contributed by atoms with E-state index in [4.69, 9.17) is 10.4 Å². The lowest BCUT2D eigenvalue weighted by molar-refractivity contribution is 0.341. The minimum Gasteiger partial charge on any atom is -0.423 e. The second-order valence-electron chi connectivity index (χ2n) is 2.26. The largest absolute Gasteiger partial charge is 0.491 e. The summed E-state index contributed by atoms with van der Waals surface area (Å²) >= 11 is 0. The van der Waals surface area contributed by atoms with Crippen molar-refractivity contribution >= 4 is 18.3 Å². The van der Waals surface area contributed by atoms with Crippen molar-refractivity contribution in [1.29, 1.82) is 0 Å². The van der Waals surface area contributed by atoms with Gasteiger partial charge in [0, 0.05) is 12.8 Å². The predicted octanol–water partition coefficient (Wildman–Crippen LogP) is -0.397. The highest BCUT2D eigenvalue weighted by molar-refractivity contribution is 6.60. The maximum atomic E-state index is 9.18. The quantitative estimate of drug-likeness (QED) is 0.446. The van der Waals surface area contributed by atoms with Crippen molar-refractivity contribution < 1.29 is 9.68 Å². The average Bonchev–Trinajstić information content (AvgIpc) is 2.03. The molecule has 0 aliphatic heterocycles. The van der Waals surface area contributed by atoms with Crippen LogP contribution in [0.15, 0.2) is 24.3 Å². The van der Waals surface area contributed by atoms with Crippen molar-refractivity contribution in [1.82, 2.24) is 0 Å². The van der Waals surface area contributed by atoms with Gasteiger partial charge in [-0.25, -0.2) is 0 Å². The Bertz CT molecular complexity index is 242. The van der Waals surface area contributed by atoms with Crippen LogP contribution in [0.1, 0.15) is 0 Å². The monoisotopic (exact) mass is 151 g/mol. The number of hydrogen-bond donors (Lipinski definition) is 2. The van der Waals surface area contributed by atoms with Gasteiger partial charge in [0.1, 0.15) is 0 Å². The van der Waals surface area contributed by atoms with Crippen molar-refractivity contribution in [3.8, 4) is 0 Å². The number of anilines is 1. The molecule has 0 aliphatic carbocycles. The third-order valence-electron chi connectivity index (χ3n) is 1.42. The summed E-state index contributed by atoms with van der Waals surface area (Å²) in [7, 11) is 0.562. The third-order valence-corrected chi connectivity index (χ3v) is 1.42. The summed E-state index contributed by atoms with van der Waals surface area (Å²) in [6.45, 7) is 0. The van der Waals surface area contributed by atoms with E-state index < -0.39 is 7.12 Å². The second-order valence-corrected chi connectivity index (χ2v) is 2.26. The van der Waals surface area contributed by atoms with E-state index >= 15 is 0 Å². The van der Waals surface area contributed by atoms with Crippen molar-refractivity contribution in [2.75, 3.05) is 12.8 Å². The number of benzene rings is 1. The van der Waals surface area contributed by atoms with Gasteiger partial charge in [0.05, 0.1) is 0 Å². The molecule has 1 aromatic carbocycles. The Labute approximate surface area is 65.9 Å². The number of hydrogen-bond acceptors (Lipinski definition) is 3. The fourth-order valence-corrected chi connectivity index (χ4v) is 0.849. The Kier molecular flexibility index (Phi) is 2.51. The number of nitrogens with two attached hydrogens (primary N) is 1. The van der Waals surface area contributed by atoms with Gasteiger partial charge in [0.25, 0.3) is 0 Å². The number of rotatable bonds is 2. The first-order chi connectivity index (χ1) is 5.24. The molecule has 4 heteroatoms. The first kappa shape index (κ1) is 8.10. The Morgan fingerprint density at radius 2 is 2.27 bits per heavy atom. The lowest BCUT2D eigenvalue weighted by Crippen LogP contribution is -2.32. The Morgan fingerprint density at radius 3 is 2.82 bits per heavy atom. The zero-order valence-corrected chi connectivity index (χ0v) is 6.32. The van der Waals surface area contributed by atoms with Crippen LogP contribution in [0.5, 0.6) is 0 Å². The molecular weight excluding hydrogens is 141 g/mol. The van der Waals surface area contributed by atoms with E-state index in [2.05, 4.69) is 0 Å². The van der Waals surface area contributed by atoms with Crippen LogP contribution in [-0.4, -0.2) is 19.3 Å². The Balaban J connectivity index is 2.86. The molecule has 0 fully saturated rings. The molecular formula is C7H10BNO2. The van der Waals surface area contributed by atoms with Crippen LogP contribution >= 0.6 is 0 Å². The van der Waals surface area contributed by atoms with Gasteiger partial charge in [-0.2, -0.15) is 0 Å². The van der Waals surface area contributed by atoms with E-state index in [0.717, 1.165) is 0 Å². The van der Waals surface area contributed by atoms with E-state index in [9.17, 15) is 5.02 Å². The van der Waals surface area contributed by atoms with Crippen LogP contribution in [0.2, 0.25) is 0 Å². The molecule has 0 saturated carbocycles. The first-order valence-electron chi connectivity index (χ1n) is 3.30. The summed E-state index contributed by atoms with van der Waals surface area (Å²) in [4.78, 5) is 0. The molecule has 0 bridgehead atoms. The third kappa shape index (κ3) is 1.96. The van der Waals surface area contributed by atoms with Gasteiger partial charge in [-0.3, -0.25) is 0 Å². The molecule has 1 aromatic rings. The van der Waals surface area contributed by atoms with Crippen LogP contribution in [0.4, 0.5) is 5.69 Å². The van der Waals surface area contributed by atoms with Crippen LogP contribution in [-0.2, 0) is 4.65 Å². The lowest BCUT2D eigenvalue weighted by atomic mass is 9.79. The minimum atomic E-state index is -0.876. The normalized spacial score (nSPS) is 9.64. The maximum absolute atomic E-state index is 9.18. The molecule has 0 aliphatic rings. The molecule has 0 radical (unpaired) electrons.